The van der Waals surface area contributed by atoms with E-state index >= 15 is 0 Å². The van der Waals surface area contributed by atoms with Crippen LogP contribution in [0.2, 0.25) is 0 Å². The molecule has 2 heterocycles. The van der Waals surface area contributed by atoms with E-state index in [0.29, 0.717) is 17.3 Å². The van der Waals surface area contributed by atoms with Gasteiger partial charge in [-0.25, -0.2) is 4.39 Å². The minimum absolute atomic E-state index is 0.107. The molecule has 0 unspecified atom stereocenters. The van der Waals surface area contributed by atoms with Crippen LogP contribution in [0.25, 0.3) is 11.4 Å². The minimum atomic E-state index is -0.523. The van der Waals surface area contributed by atoms with Crippen molar-refractivity contribution >= 4 is 5.95 Å². The lowest BCUT2D eigenvalue weighted by Gasteiger charge is -2.16. The van der Waals surface area contributed by atoms with Crippen LogP contribution in [0.4, 0.5) is 10.3 Å². The van der Waals surface area contributed by atoms with Gasteiger partial charge in [0.15, 0.2) is 5.82 Å². The summed E-state index contributed by atoms with van der Waals surface area (Å²) in [6, 6.07) is 3.97. The molecule has 0 radical (unpaired) electrons. The van der Waals surface area contributed by atoms with Crippen LogP contribution < -0.4 is 10.2 Å². The zero-order chi connectivity index (χ0) is 13.9. The summed E-state index contributed by atoms with van der Waals surface area (Å²) in [4.78, 5) is 6.41. The number of hydrogen-bond acceptors (Lipinski definition) is 5. The molecule has 0 aliphatic carbocycles. The summed E-state index contributed by atoms with van der Waals surface area (Å²) in [6.45, 7) is 3.58. The second-order valence-electron chi connectivity index (χ2n) is 4.74. The Bertz CT molecular complexity index is 592. The molecule has 1 aromatic carbocycles. The summed E-state index contributed by atoms with van der Waals surface area (Å²) in [6.07, 6.45) is 1.03. The summed E-state index contributed by atoms with van der Waals surface area (Å²) in [5.74, 6) is 0.320. The Kier molecular flexibility index (Phi) is 3.51. The Balaban J connectivity index is 1.85. The van der Waals surface area contributed by atoms with Crippen LogP contribution in [0.15, 0.2) is 18.2 Å². The largest absolute Gasteiger partial charge is 0.508 e. The number of phenols is 1. The second kappa shape index (κ2) is 5.46. The summed E-state index contributed by atoms with van der Waals surface area (Å²) in [5, 5.41) is 19.4. The van der Waals surface area contributed by atoms with Crippen molar-refractivity contribution in [3.8, 4) is 17.1 Å². The summed E-state index contributed by atoms with van der Waals surface area (Å²) < 4.78 is 13.8. The van der Waals surface area contributed by atoms with Crippen molar-refractivity contribution in [2.75, 3.05) is 31.1 Å². The average Bonchev–Trinajstić information content (AvgIpc) is 2.74. The van der Waals surface area contributed by atoms with Gasteiger partial charge in [0.05, 0.1) is 5.56 Å². The fourth-order valence-electron chi connectivity index (χ4n) is 2.26. The first kappa shape index (κ1) is 12.9. The molecule has 3 N–H and O–H groups in total. The van der Waals surface area contributed by atoms with Gasteiger partial charge in [-0.15, -0.1) is 5.10 Å². The molecule has 3 rings (SSSR count). The molecule has 0 bridgehead atoms. The number of rotatable bonds is 2. The van der Waals surface area contributed by atoms with Gasteiger partial charge < -0.3 is 15.3 Å². The summed E-state index contributed by atoms with van der Waals surface area (Å²) >= 11 is 0. The second-order valence-corrected chi connectivity index (χ2v) is 4.74. The van der Waals surface area contributed by atoms with Crippen molar-refractivity contribution in [1.82, 2.24) is 20.5 Å². The van der Waals surface area contributed by atoms with E-state index in [1.807, 2.05) is 0 Å². The number of aromatic hydroxyl groups is 1. The first-order valence-electron chi connectivity index (χ1n) is 6.61. The Labute approximate surface area is 115 Å². The molecule has 1 saturated heterocycles. The van der Waals surface area contributed by atoms with Gasteiger partial charge in [-0.3, -0.25) is 5.10 Å². The van der Waals surface area contributed by atoms with Gasteiger partial charge in [0, 0.05) is 25.7 Å². The molecule has 0 saturated carbocycles. The number of nitrogens with zero attached hydrogens (tertiary/aromatic N) is 3. The Morgan fingerprint density at radius 2 is 2.15 bits per heavy atom. The molecule has 106 valence electrons. The van der Waals surface area contributed by atoms with Gasteiger partial charge in [-0.1, -0.05) is 0 Å². The van der Waals surface area contributed by atoms with Crippen LogP contribution in [0.1, 0.15) is 6.42 Å². The van der Waals surface area contributed by atoms with E-state index in [1.165, 1.54) is 12.1 Å². The highest BCUT2D eigenvalue weighted by Gasteiger charge is 2.16. The molecule has 0 atom stereocenters. The van der Waals surface area contributed by atoms with Crippen molar-refractivity contribution in [2.45, 2.75) is 6.42 Å². The predicted molar refractivity (Wildman–Crippen MR) is 73.1 cm³/mol. The smallest absolute Gasteiger partial charge is 0.245 e. The fraction of sp³-hybridized carbons (Fsp3) is 0.385. The molecular weight excluding hydrogens is 261 g/mol. The van der Waals surface area contributed by atoms with Crippen molar-refractivity contribution in [3.05, 3.63) is 24.0 Å². The van der Waals surface area contributed by atoms with Crippen LogP contribution in [0.3, 0.4) is 0 Å². The zero-order valence-corrected chi connectivity index (χ0v) is 10.9. The van der Waals surface area contributed by atoms with E-state index in [-0.39, 0.29) is 5.75 Å². The lowest BCUT2D eigenvalue weighted by atomic mass is 10.2. The number of H-pyrrole nitrogens is 1. The first-order valence-corrected chi connectivity index (χ1v) is 6.61. The summed E-state index contributed by atoms with van der Waals surface area (Å²) in [5.41, 5.74) is 0.300. The number of halogens is 1. The van der Waals surface area contributed by atoms with E-state index in [4.69, 9.17) is 0 Å². The van der Waals surface area contributed by atoms with Crippen LogP contribution in [0.5, 0.6) is 5.75 Å². The molecule has 0 amide bonds. The number of hydrogen-bond donors (Lipinski definition) is 3. The Morgan fingerprint density at radius 1 is 1.25 bits per heavy atom. The summed E-state index contributed by atoms with van der Waals surface area (Å²) in [7, 11) is 0. The normalized spacial score (nSPS) is 16.1. The number of anilines is 1. The number of phenolic OH excluding ortho intramolecular Hbond substituents is 1. The quantitative estimate of drug-likeness (QED) is 0.766. The van der Waals surface area contributed by atoms with Crippen molar-refractivity contribution < 1.29 is 9.50 Å². The number of nitrogens with one attached hydrogen (secondary N) is 2. The third-order valence-corrected chi connectivity index (χ3v) is 3.30. The van der Waals surface area contributed by atoms with Crippen LogP contribution in [0, 0.1) is 5.82 Å². The SMILES string of the molecule is Oc1ccc(-c2nc(N3CCCNCC3)n[nH]2)c(F)c1. The molecule has 7 heteroatoms. The lowest BCUT2D eigenvalue weighted by molar-refractivity contribution is 0.469. The zero-order valence-electron chi connectivity index (χ0n) is 10.9. The predicted octanol–water partition coefficient (Wildman–Crippen LogP) is 1.12. The monoisotopic (exact) mass is 277 g/mol. The number of aromatic nitrogens is 3. The minimum Gasteiger partial charge on any atom is -0.508 e. The van der Waals surface area contributed by atoms with Crippen molar-refractivity contribution in [2.24, 2.45) is 0 Å². The average molecular weight is 277 g/mol. The standard InChI is InChI=1S/C13H16FN5O/c14-11-8-9(20)2-3-10(11)12-16-13(18-17-12)19-6-1-4-15-5-7-19/h2-3,8,15,20H,1,4-7H2,(H,16,17,18). The van der Waals surface area contributed by atoms with Gasteiger partial charge in [0.2, 0.25) is 5.95 Å². The van der Waals surface area contributed by atoms with E-state index in [0.717, 1.165) is 38.7 Å². The molecule has 1 aliphatic rings. The molecule has 1 aromatic heterocycles. The Hall–Kier alpha value is -2.15. The van der Waals surface area contributed by atoms with Gasteiger partial charge in [0.1, 0.15) is 11.6 Å². The van der Waals surface area contributed by atoms with Gasteiger partial charge >= 0.3 is 0 Å². The molecule has 1 fully saturated rings. The first-order chi connectivity index (χ1) is 9.74. The lowest BCUT2D eigenvalue weighted by Crippen LogP contribution is -2.28. The highest BCUT2D eigenvalue weighted by Crippen LogP contribution is 2.24. The maximum atomic E-state index is 13.8. The maximum absolute atomic E-state index is 13.8. The van der Waals surface area contributed by atoms with Gasteiger partial charge in [-0.2, -0.15) is 4.98 Å². The maximum Gasteiger partial charge on any atom is 0.245 e. The molecule has 6 nitrogen and oxygen atoms in total. The van der Waals surface area contributed by atoms with Crippen molar-refractivity contribution in [1.29, 1.82) is 0 Å². The van der Waals surface area contributed by atoms with E-state index < -0.39 is 5.82 Å². The molecule has 1 aliphatic heterocycles. The van der Waals surface area contributed by atoms with E-state index in [9.17, 15) is 9.50 Å². The van der Waals surface area contributed by atoms with Gasteiger partial charge in [-0.05, 0) is 25.1 Å². The molecular formula is C13H16FN5O. The molecule has 2 aromatic rings. The number of aromatic amines is 1. The highest BCUT2D eigenvalue weighted by atomic mass is 19.1. The third-order valence-electron chi connectivity index (χ3n) is 3.30. The van der Waals surface area contributed by atoms with Crippen LogP contribution in [-0.4, -0.2) is 46.5 Å². The van der Waals surface area contributed by atoms with E-state index in [2.05, 4.69) is 25.4 Å². The van der Waals surface area contributed by atoms with Crippen LogP contribution >= 0.6 is 0 Å². The number of benzene rings is 1. The van der Waals surface area contributed by atoms with Gasteiger partial charge in [0.25, 0.3) is 0 Å². The highest BCUT2D eigenvalue weighted by molar-refractivity contribution is 5.58. The topological polar surface area (TPSA) is 77.1 Å². The van der Waals surface area contributed by atoms with Crippen molar-refractivity contribution in [3.63, 3.8) is 0 Å². The fourth-order valence-corrected chi connectivity index (χ4v) is 2.26. The Morgan fingerprint density at radius 3 is 3.00 bits per heavy atom. The van der Waals surface area contributed by atoms with E-state index in [1.54, 1.807) is 0 Å². The third kappa shape index (κ3) is 2.57. The molecule has 20 heavy (non-hydrogen) atoms. The van der Waals surface area contributed by atoms with Crippen LogP contribution in [-0.2, 0) is 0 Å². The molecule has 0 spiro atoms.